The zero-order chi connectivity index (χ0) is 17.2. The first kappa shape index (κ1) is 15.4. The number of esters is 1. The molecule has 1 N–H and O–H groups in total. The second-order valence-corrected chi connectivity index (χ2v) is 5.38. The molecule has 0 radical (unpaired) electrons. The molecule has 3 heterocycles. The van der Waals surface area contributed by atoms with E-state index in [0.29, 0.717) is 28.3 Å². The summed E-state index contributed by atoms with van der Waals surface area (Å²) in [5.41, 5.74) is 1.68. The maximum atomic E-state index is 13.7. The molecule has 0 fully saturated rings. The van der Waals surface area contributed by atoms with Gasteiger partial charge in [0.25, 0.3) is 0 Å². The molecular formula is C17H13FN2O5. The van der Waals surface area contributed by atoms with E-state index in [0.717, 1.165) is 0 Å². The van der Waals surface area contributed by atoms with Crippen LogP contribution in [0.25, 0.3) is 11.5 Å². The number of benzene rings is 1. The standard InChI is InChI=1S/C17H13FN2O5/c18-12-4-10-7-22-9-25-16(10)11(5-12)8-24-17(21)14-6-13(19-20-14)15-2-1-3-23-15/h1-6H,7-9H2,(H,19,20). The van der Waals surface area contributed by atoms with Crippen LogP contribution in [0.3, 0.4) is 0 Å². The quantitative estimate of drug-likeness (QED) is 0.732. The SMILES string of the molecule is O=C(OCc1cc(F)cc2c1OCOC2)c1cc(-c2ccco2)n[nH]1. The van der Waals surface area contributed by atoms with Gasteiger partial charge in [0.05, 0.1) is 12.9 Å². The summed E-state index contributed by atoms with van der Waals surface area (Å²) in [5.74, 6) is -0.0415. The van der Waals surface area contributed by atoms with Gasteiger partial charge in [-0.3, -0.25) is 5.10 Å². The molecule has 3 aromatic rings. The van der Waals surface area contributed by atoms with Gasteiger partial charge in [0.15, 0.2) is 12.6 Å². The predicted octanol–water partition coefficient (Wildman–Crippen LogP) is 3.03. The third-order valence-electron chi connectivity index (χ3n) is 3.68. The number of carbonyl (C=O) groups excluding carboxylic acids is 1. The Balaban J connectivity index is 1.48. The average Bonchev–Trinajstić information content (AvgIpc) is 3.30. The Kier molecular flexibility index (Phi) is 3.95. The number of H-pyrrole nitrogens is 1. The fraction of sp³-hybridized carbons (Fsp3) is 0.176. The Morgan fingerprint density at radius 3 is 3.12 bits per heavy atom. The number of aromatic amines is 1. The van der Waals surface area contributed by atoms with Gasteiger partial charge in [0.2, 0.25) is 0 Å². The summed E-state index contributed by atoms with van der Waals surface area (Å²) in [4.78, 5) is 12.2. The second-order valence-electron chi connectivity index (χ2n) is 5.38. The number of rotatable bonds is 4. The topological polar surface area (TPSA) is 86.6 Å². The maximum Gasteiger partial charge on any atom is 0.356 e. The Labute approximate surface area is 141 Å². The maximum absolute atomic E-state index is 13.7. The van der Waals surface area contributed by atoms with E-state index in [1.165, 1.54) is 24.5 Å². The van der Waals surface area contributed by atoms with Gasteiger partial charge >= 0.3 is 5.97 Å². The Bertz CT molecular complexity index is 904. The molecule has 0 amide bonds. The molecule has 0 unspecified atom stereocenters. The van der Waals surface area contributed by atoms with Crippen molar-refractivity contribution < 1.29 is 27.8 Å². The van der Waals surface area contributed by atoms with E-state index in [2.05, 4.69) is 10.2 Å². The van der Waals surface area contributed by atoms with E-state index in [1.54, 1.807) is 12.1 Å². The smallest absolute Gasteiger partial charge is 0.356 e. The van der Waals surface area contributed by atoms with Crippen LogP contribution in [0.5, 0.6) is 5.75 Å². The van der Waals surface area contributed by atoms with Crippen molar-refractivity contribution in [3.8, 4) is 17.2 Å². The summed E-state index contributed by atoms with van der Waals surface area (Å²) >= 11 is 0. The van der Waals surface area contributed by atoms with Gasteiger partial charge in [-0.1, -0.05) is 0 Å². The summed E-state index contributed by atoms with van der Waals surface area (Å²) in [6.45, 7) is 0.196. The summed E-state index contributed by atoms with van der Waals surface area (Å²) in [7, 11) is 0. The average molecular weight is 344 g/mol. The Morgan fingerprint density at radius 1 is 1.36 bits per heavy atom. The van der Waals surface area contributed by atoms with E-state index in [9.17, 15) is 9.18 Å². The van der Waals surface area contributed by atoms with Crippen molar-refractivity contribution >= 4 is 5.97 Å². The van der Waals surface area contributed by atoms with Crippen LogP contribution in [0.4, 0.5) is 4.39 Å². The number of aromatic nitrogens is 2. The van der Waals surface area contributed by atoms with Gasteiger partial charge in [-0.25, -0.2) is 9.18 Å². The highest BCUT2D eigenvalue weighted by molar-refractivity contribution is 5.88. The molecule has 0 aliphatic carbocycles. The minimum absolute atomic E-state index is 0.0760. The second kappa shape index (κ2) is 6.40. The molecule has 1 aromatic carbocycles. The first-order valence-electron chi connectivity index (χ1n) is 7.49. The largest absolute Gasteiger partial charge is 0.467 e. The van der Waals surface area contributed by atoms with Crippen molar-refractivity contribution in [1.82, 2.24) is 10.2 Å². The van der Waals surface area contributed by atoms with Crippen molar-refractivity contribution in [3.63, 3.8) is 0 Å². The number of nitrogens with zero attached hydrogens (tertiary/aromatic N) is 1. The number of halogens is 1. The summed E-state index contributed by atoms with van der Waals surface area (Å²) in [5, 5.41) is 6.59. The van der Waals surface area contributed by atoms with E-state index in [1.807, 2.05) is 0 Å². The molecule has 25 heavy (non-hydrogen) atoms. The third-order valence-corrected chi connectivity index (χ3v) is 3.68. The highest BCUT2D eigenvalue weighted by atomic mass is 19.1. The minimum Gasteiger partial charge on any atom is -0.467 e. The molecule has 8 heteroatoms. The van der Waals surface area contributed by atoms with Gasteiger partial charge in [-0.15, -0.1) is 0 Å². The first-order valence-corrected chi connectivity index (χ1v) is 7.49. The number of fused-ring (bicyclic) bond motifs is 1. The lowest BCUT2D eigenvalue weighted by Gasteiger charge is -2.20. The zero-order valence-corrected chi connectivity index (χ0v) is 13.0. The molecule has 0 bridgehead atoms. The summed E-state index contributed by atoms with van der Waals surface area (Å²) in [6, 6.07) is 7.58. The minimum atomic E-state index is -0.615. The number of furan rings is 1. The molecule has 7 nitrogen and oxygen atoms in total. The highest BCUT2D eigenvalue weighted by Gasteiger charge is 2.19. The highest BCUT2D eigenvalue weighted by Crippen LogP contribution is 2.30. The number of nitrogens with one attached hydrogen (secondary N) is 1. The lowest BCUT2D eigenvalue weighted by Crippen LogP contribution is -2.15. The van der Waals surface area contributed by atoms with Gasteiger partial charge in [0.1, 0.15) is 29.6 Å². The van der Waals surface area contributed by atoms with Gasteiger partial charge < -0.3 is 18.6 Å². The molecular weight excluding hydrogens is 331 g/mol. The lowest BCUT2D eigenvalue weighted by atomic mass is 10.1. The van der Waals surface area contributed by atoms with Crippen LogP contribution in [0.1, 0.15) is 21.6 Å². The van der Waals surface area contributed by atoms with Crippen LogP contribution in [-0.2, 0) is 22.7 Å². The molecule has 0 atom stereocenters. The zero-order valence-electron chi connectivity index (χ0n) is 13.0. The summed E-state index contributed by atoms with van der Waals surface area (Å²) in [6.07, 6.45) is 1.51. The molecule has 1 aliphatic heterocycles. The summed E-state index contributed by atoms with van der Waals surface area (Å²) < 4.78 is 34.6. The molecule has 128 valence electrons. The number of hydrogen-bond acceptors (Lipinski definition) is 6. The van der Waals surface area contributed by atoms with Crippen LogP contribution in [-0.4, -0.2) is 23.0 Å². The number of carbonyl (C=O) groups is 1. The molecule has 0 saturated heterocycles. The Morgan fingerprint density at radius 2 is 2.28 bits per heavy atom. The third kappa shape index (κ3) is 3.11. The van der Waals surface area contributed by atoms with Crippen molar-refractivity contribution in [1.29, 1.82) is 0 Å². The van der Waals surface area contributed by atoms with Gasteiger partial charge in [0, 0.05) is 17.2 Å². The van der Waals surface area contributed by atoms with Crippen molar-refractivity contribution in [2.75, 3.05) is 6.79 Å². The van der Waals surface area contributed by atoms with E-state index >= 15 is 0 Å². The van der Waals surface area contributed by atoms with E-state index in [-0.39, 0.29) is 25.7 Å². The van der Waals surface area contributed by atoms with Crippen LogP contribution in [0.2, 0.25) is 0 Å². The predicted molar refractivity (Wildman–Crippen MR) is 82.1 cm³/mol. The fourth-order valence-electron chi connectivity index (χ4n) is 2.56. The molecule has 0 saturated carbocycles. The molecule has 1 aliphatic rings. The van der Waals surface area contributed by atoms with Crippen LogP contribution >= 0.6 is 0 Å². The van der Waals surface area contributed by atoms with Crippen molar-refractivity contribution in [2.45, 2.75) is 13.2 Å². The Hall–Kier alpha value is -3.13. The van der Waals surface area contributed by atoms with Crippen LogP contribution < -0.4 is 4.74 Å². The molecule has 0 spiro atoms. The van der Waals surface area contributed by atoms with E-state index in [4.69, 9.17) is 18.6 Å². The lowest BCUT2D eigenvalue weighted by molar-refractivity contribution is -0.0183. The normalized spacial score (nSPS) is 13.2. The van der Waals surface area contributed by atoms with Crippen molar-refractivity contribution in [3.05, 3.63) is 59.2 Å². The van der Waals surface area contributed by atoms with E-state index < -0.39 is 11.8 Å². The van der Waals surface area contributed by atoms with Crippen LogP contribution in [0, 0.1) is 5.82 Å². The fourth-order valence-corrected chi connectivity index (χ4v) is 2.56. The van der Waals surface area contributed by atoms with Gasteiger partial charge in [-0.2, -0.15) is 5.10 Å². The van der Waals surface area contributed by atoms with Crippen molar-refractivity contribution in [2.24, 2.45) is 0 Å². The van der Waals surface area contributed by atoms with Gasteiger partial charge in [-0.05, 0) is 24.3 Å². The number of ether oxygens (including phenoxy) is 3. The first-order chi connectivity index (χ1) is 12.2. The molecule has 2 aromatic heterocycles. The monoisotopic (exact) mass is 344 g/mol. The number of hydrogen-bond donors (Lipinski definition) is 1. The van der Waals surface area contributed by atoms with Crippen LogP contribution in [0.15, 0.2) is 41.0 Å². The molecule has 4 rings (SSSR count).